The lowest BCUT2D eigenvalue weighted by Gasteiger charge is -2.04. The second-order valence-electron chi connectivity index (χ2n) is 4.26. The normalized spacial score (nSPS) is 10.5. The summed E-state index contributed by atoms with van der Waals surface area (Å²) in [6, 6.07) is 7.99. The molecule has 2 rings (SSSR count). The summed E-state index contributed by atoms with van der Waals surface area (Å²) in [6.45, 7) is 6.25. The Hall–Kier alpha value is -2.08. The molecule has 1 aromatic heterocycles. The average molecular weight is 276 g/mol. The van der Waals surface area contributed by atoms with Crippen molar-refractivity contribution in [3.63, 3.8) is 0 Å². The Morgan fingerprint density at radius 3 is 2.65 bits per heavy atom. The fourth-order valence-corrected chi connectivity index (χ4v) is 1.67. The molecule has 0 amide bonds. The van der Waals surface area contributed by atoms with Gasteiger partial charge in [0.05, 0.1) is 13.2 Å². The van der Waals surface area contributed by atoms with Gasteiger partial charge in [-0.1, -0.05) is 12.0 Å². The van der Waals surface area contributed by atoms with Crippen LogP contribution >= 0.6 is 0 Å². The first-order valence-electron chi connectivity index (χ1n) is 6.84. The molecular formula is C14H20N4O2. The Labute approximate surface area is 118 Å². The van der Waals surface area contributed by atoms with Crippen molar-refractivity contribution in [3.8, 4) is 5.75 Å². The Bertz CT molecular complexity index is 510. The third-order valence-electron chi connectivity index (χ3n) is 2.59. The Kier molecular flexibility index (Phi) is 5.37. The molecule has 0 saturated carbocycles. The summed E-state index contributed by atoms with van der Waals surface area (Å²) < 4.78 is 10.9. The van der Waals surface area contributed by atoms with Gasteiger partial charge in [0.25, 0.3) is 0 Å². The quantitative estimate of drug-likeness (QED) is 0.722. The maximum atomic E-state index is 5.48. The van der Waals surface area contributed by atoms with Gasteiger partial charge in [-0.3, -0.25) is 0 Å². The summed E-state index contributed by atoms with van der Waals surface area (Å²) in [5, 5.41) is 14.2. The summed E-state index contributed by atoms with van der Waals surface area (Å²) in [5.74, 6) is 1.42. The van der Waals surface area contributed by atoms with E-state index < -0.39 is 0 Å². The van der Waals surface area contributed by atoms with E-state index in [1.807, 2.05) is 31.2 Å². The predicted octanol–water partition coefficient (Wildman–Crippen LogP) is 2.71. The standard InChI is InChI=1S/C14H20N4O2/c1-3-9-15-10-13-17-18-14(20-13)16-11-5-7-12(8-6-11)19-4-2/h5-8,15H,3-4,9-10H2,1-2H3,(H,16,18). The first-order chi connectivity index (χ1) is 9.81. The molecule has 0 bridgehead atoms. The summed E-state index contributed by atoms with van der Waals surface area (Å²) in [7, 11) is 0. The number of hydrogen-bond donors (Lipinski definition) is 2. The van der Waals surface area contributed by atoms with E-state index in [1.165, 1.54) is 0 Å². The van der Waals surface area contributed by atoms with E-state index in [0.717, 1.165) is 24.4 Å². The number of rotatable bonds is 8. The molecule has 0 saturated heterocycles. The molecule has 6 heteroatoms. The molecule has 0 spiro atoms. The van der Waals surface area contributed by atoms with Crippen LogP contribution in [-0.4, -0.2) is 23.3 Å². The largest absolute Gasteiger partial charge is 0.494 e. The van der Waals surface area contributed by atoms with Gasteiger partial charge >= 0.3 is 6.01 Å². The van der Waals surface area contributed by atoms with Gasteiger partial charge in [-0.25, -0.2) is 0 Å². The summed E-state index contributed by atoms with van der Waals surface area (Å²) in [5.41, 5.74) is 0.880. The zero-order chi connectivity index (χ0) is 14.2. The van der Waals surface area contributed by atoms with E-state index >= 15 is 0 Å². The maximum Gasteiger partial charge on any atom is 0.320 e. The maximum absolute atomic E-state index is 5.48. The number of benzene rings is 1. The van der Waals surface area contributed by atoms with Crippen LogP contribution in [0.1, 0.15) is 26.2 Å². The highest BCUT2D eigenvalue weighted by atomic mass is 16.5. The average Bonchev–Trinajstić information content (AvgIpc) is 2.89. The van der Waals surface area contributed by atoms with Crippen LogP contribution in [0.2, 0.25) is 0 Å². The molecule has 0 fully saturated rings. The number of anilines is 2. The molecule has 1 aromatic carbocycles. The molecule has 2 N–H and O–H groups in total. The van der Waals surface area contributed by atoms with Crippen molar-refractivity contribution in [3.05, 3.63) is 30.2 Å². The first-order valence-corrected chi connectivity index (χ1v) is 6.84. The van der Waals surface area contributed by atoms with Gasteiger partial charge in [0.1, 0.15) is 5.75 Å². The van der Waals surface area contributed by atoms with E-state index in [2.05, 4.69) is 27.8 Å². The Morgan fingerprint density at radius 1 is 1.15 bits per heavy atom. The third-order valence-corrected chi connectivity index (χ3v) is 2.59. The number of nitrogens with zero attached hydrogens (tertiary/aromatic N) is 2. The van der Waals surface area contributed by atoms with E-state index in [1.54, 1.807) is 0 Å². The molecule has 0 atom stereocenters. The highest BCUT2D eigenvalue weighted by molar-refractivity contribution is 5.53. The molecule has 108 valence electrons. The molecule has 0 unspecified atom stereocenters. The smallest absolute Gasteiger partial charge is 0.320 e. The lowest BCUT2D eigenvalue weighted by molar-refractivity contribution is 0.340. The van der Waals surface area contributed by atoms with E-state index in [4.69, 9.17) is 9.15 Å². The number of hydrogen-bond acceptors (Lipinski definition) is 6. The van der Waals surface area contributed by atoms with Crippen molar-refractivity contribution in [2.24, 2.45) is 0 Å². The minimum absolute atomic E-state index is 0.391. The van der Waals surface area contributed by atoms with Crippen molar-refractivity contribution in [1.29, 1.82) is 0 Å². The van der Waals surface area contributed by atoms with Crippen LogP contribution in [0.3, 0.4) is 0 Å². The molecule has 1 heterocycles. The second-order valence-corrected chi connectivity index (χ2v) is 4.26. The van der Waals surface area contributed by atoms with Gasteiger partial charge in [0.15, 0.2) is 0 Å². The van der Waals surface area contributed by atoms with E-state index in [0.29, 0.717) is 25.1 Å². The highest BCUT2D eigenvalue weighted by Gasteiger charge is 2.05. The van der Waals surface area contributed by atoms with Crippen molar-refractivity contribution < 1.29 is 9.15 Å². The van der Waals surface area contributed by atoms with Gasteiger partial charge in [0.2, 0.25) is 5.89 Å². The number of ether oxygens (including phenoxy) is 1. The minimum atomic E-state index is 0.391. The number of aromatic nitrogens is 2. The van der Waals surface area contributed by atoms with Gasteiger partial charge in [-0.2, -0.15) is 0 Å². The van der Waals surface area contributed by atoms with Crippen molar-refractivity contribution in [2.45, 2.75) is 26.8 Å². The van der Waals surface area contributed by atoms with Crippen LogP contribution < -0.4 is 15.4 Å². The fraction of sp³-hybridized carbons (Fsp3) is 0.429. The van der Waals surface area contributed by atoms with Gasteiger partial charge < -0.3 is 19.8 Å². The van der Waals surface area contributed by atoms with Gasteiger partial charge in [-0.05, 0) is 44.2 Å². The van der Waals surface area contributed by atoms with E-state index in [-0.39, 0.29) is 0 Å². The topological polar surface area (TPSA) is 72.2 Å². The second kappa shape index (κ2) is 7.49. The molecule has 2 aromatic rings. The Balaban J connectivity index is 1.89. The predicted molar refractivity (Wildman–Crippen MR) is 77.2 cm³/mol. The molecule has 6 nitrogen and oxygen atoms in total. The van der Waals surface area contributed by atoms with Crippen LogP contribution in [-0.2, 0) is 6.54 Å². The molecule has 0 aliphatic carbocycles. The van der Waals surface area contributed by atoms with Crippen LogP contribution in [0.4, 0.5) is 11.7 Å². The van der Waals surface area contributed by atoms with E-state index in [9.17, 15) is 0 Å². The van der Waals surface area contributed by atoms with Crippen LogP contribution in [0, 0.1) is 0 Å². The summed E-state index contributed by atoms with van der Waals surface area (Å²) in [6.07, 6.45) is 1.07. The molecule has 0 aliphatic heterocycles. The van der Waals surface area contributed by atoms with Crippen molar-refractivity contribution >= 4 is 11.7 Å². The SMILES string of the molecule is CCCNCc1nnc(Nc2ccc(OCC)cc2)o1. The summed E-state index contributed by atoms with van der Waals surface area (Å²) >= 11 is 0. The van der Waals surface area contributed by atoms with Crippen LogP contribution in [0.25, 0.3) is 0 Å². The summed E-state index contributed by atoms with van der Waals surface area (Å²) in [4.78, 5) is 0. The van der Waals surface area contributed by atoms with Gasteiger partial charge in [-0.15, -0.1) is 5.10 Å². The monoisotopic (exact) mass is 276 g/mol. The molecule has 0 aliphatic rings. The molecular weight excluding hydrogens is 256 g/mol. The molecule has 0 radical (unpaired) electrons. The third kappa shape index (κ3) is 4.24. The minimum Gasteiger partial charge on any atom is -0.494 e. The lowest BCUT2D eigenvalue weighted by atomic mass is 10.3. The Morgan fingerprint density at radius 2 is 1.95 bits per heavy atom. The van der Waals surface area contributed by atoms with Crippen molar-refractivity contribution in [2.75, 3.05) is 18.5 Å². The zero-order valence-electron chi connectivity index (χ0n) is 11.8. The number of nitrogens with one attached hydrogen (secondary N) is 2. The van der Waals surface area contributed by atoms with Gasteiger partial charge in [0, 0.05) is 5.69 Å². The van der Waals surface area contributed by atoms with Crippen molar-refractivity contribution in [1.82, 2.24) is 15.5 Å². The fourth-order valence-electron chi connectivity index (χ4n) is 1.67. The first kappa shape index (κ1) is 14.3. The highest BCUT2D eigenvalue weighted by Crippen LogP contribution is 2.19. The zero-order valence-corrected chi connectivity index (χ0v) is 11.8. The lowest BCUT2D eigenvalue weighted by Crippen LogP contribution is -2.13. The molecule has 20 heavy (non-hydrogen) atoms. The van der Waals surface area contributed by atoms with Crippen LogP contribution in [0.15, 0.2) is 28.7 Å². The van der Waals surface area contributed by atoms with Crippen LogP contribution in [0.5, 0.6) is 5.75 Å².